The summed E-state index contributed by atoms with van der Waals surface area (Å²) in [5.41, 5.74) is -0.962. The number of β-amino-alcohol motifs (C(OH)–C–C–N with tert-alkyl or cyclic N) is 1. The van der Waals surface area contributed by atoms with Crippen LogP contribution in [0.1, 0.15) is 32.1 Å². The molecule has 2 saturated heterocycles. The topological polar surface area (TPSA) is 85.8 Å². The summed E-state index contributed by atoms with van der Waals surface area (Å²) < 4.78 is 0. The molecule has 0 bridgehead atoms. The number of aromatic nitrogens is 1. The first-order valence-corrected chi connectivity index (χ1v) is 8.99. The molecule has 2 aliphatic rings. The van der Waals surface area contributed by atoms with Crippen LogP contribution >= 0.6 is 0 Å². The minimum absolute atomic E-state index is 0.0496. The van der Waals surface area contributed by atoms with E-state index >= 15 is 0 Å². The highest BCUT2D eigenvalue weighted by Crippen LogP contribution is 2.24. The smallest absolute Gasteiger partial charge is 0.239 e. The van der Waals surface area contributed by atoms with Crippen LogP contribution in [0, 0.1) is 0 Å². The molecule has 1 aromatic rings. The van der Waals surface area contributed by atoms with Crippen LogP contribution in [-0.4, -0.2) is 65.1 Å². The highest BCUT2D eigenvalue weighted by atomic mass is 16.3. The van der Waals surface area contributed by atoms with Gasteiger partial charge in [0, 0.05) is 38.8 Å². The second kappa shape index (κ2) is 7.82. The third kappa shape index (κ3) is 4.69. The van der Waals surface area contributed by atoms with Gasteiger partial charge in [0.15, 0.2) is 0 Å². The van der Waals surface area contributed by atoms with Crippen molar-refractivity contribution >= 4 is 17.6 Å². The van der Waals surface area contributed by atoms with Crippen molar-refractivity contribution in [3.63, 3.8) is 0 Å². The number of aliphatic hydroxyl groups is 1. The van der Waals surface area contributed by atoms with E-state index in [9.17, 15) is 14.7 Å². The van der Waals surface area contributed by atoms with E-state index in [-0.39, 0.29) is 24.9 Å². The highest BCUT2D eigenvalue weighted by Gasteiger charge is 2.37. The van der Waals surface area contributed by atoms with Gasteiger partial charge >= 0.3 is 0 Å². The highest BCUT2D eigenvalue weighted by molar-refractivity contribution is 5.84. The molecule has 2 N–H and O–H groups in total. The average molecular weight is 346 g/mol. The van der Waals surface area contributed by atoms with Crippen LogP contribution < -0.4 is 10.2 Å². The summed E-state index contributed by atoms with van der Waals surface area (Å²) in [5, 5.41) is 13.5. The van der Waals surface area contributed by atoms with Gasteiger partial charge in [0.1, 0.15) is 11.4 Å². The first kappa shape index (κ1) is 17.7. The Morgan fingerprint density at radius 1 is 1.28 bits per heavy atom. The third-order valence-corrected chi connectivity index (χ3v) is 4.93. The SMILES string of the molecule is O=C(CN1CCCCCC1=O)NCC1(O)CCN(c2ccccn2)C1. The van der Waals surface area contributed by atoms with Crippen molar-refractivity contribution in [1.82, 2.24) is 15.2 Å². The fraction of sp³-hybridized carbons (Fsp3) is 0.611. The molecule has 136 valence electrons. The summed E-state index contributed by atoms with van der Waals surface area (Å²) in [4.78, 5) is 32.1. The van der Waals surface area contributed by atoms with E-state index in [1.54, 1.807) is 11.1 Å². The Hall–Kier alpha value is -2.15. The lowest BCUT2D eigenvalue weighted by Gasteiger charge is -2.25. The van der Waals surface area contributed by atoms with Crippen molar-refractivity contribution in [2.75, 3.05) is 37.6 Å². The molecule has 0 aromatic carbocycles. The number of anilines is 1. The molecule has 3 rings (SSSR count). The molecule has 25 heavy (non-hydrogen) atoms. The monoisotopic (exact) mass is 346 g/mol. The summed E-state index contributed by atoms with van der Waals surface area (Å²) in [5.74, 6) is 0.674. The fourth-order valence-corrected chi connectivity index (χ4v) is 3.44. The quantitative estimate of drug-likeness (QED) is 0.813. The molecule has 2 amide bonds. The zero-order chi connectivity index (χ0) is 17.7. The van der Waals surface area contributed by atoms with Crippen LogP contribution in [0.4, 0.5) is 5.82 Å². The number of carbonyl (C=O) groups is 2. The summed E-state index contributed by atoms with van der Waals surface area (Å²) >= 11 is 0. The summed E-state index contributed by atoms with van der Waals surface area (Å²) in [7, 11) is 0. The van der Waals surface area contributed by atoms with Crippen molar-refractivity contribution in [1.29, 1.82) is 0 Å². The molecular formula is C18H26N4O3. The normalized spacial score (nSPS) is 24.3. The van der Waals surface area contributed by atoms with Crippen molar-refractivity contribution in [3.05, 3.63) is 24.4 Å². The maximum atomic E-state index is 12.2. The van der Waals surface area contributed by atoms with Gasteiger partial charge in [0.05, 0.1) is 6.54 Å². The van der Waals surface area contributed by atoms with Gasteiger partial charge in [-0.15, -0.1) is 0 Å². The number of pyridine rings is 1. The minimum Gasteiger partial charge on any atom is -0.386 e. The lowest BCUT2D eigenvalue weighted by atomic mass is 10.0. The Labute approximate surface area is 148 Å². The van der Waals surface area contributed by atoms with Gasteiger partial charge in [0.25, 0.3) is 0 Å². The van der Waals surface area contributed by atoms with Gasteiger partial charge in [0.2, 0.25) is 11.8 Å². The Bertz CT molecular complexity index is 610. The van der Waals surface area contributed by atoms with Crippen LogP contribution in [0.3, 0.4) is 0 Å². The second-order valence-electron chi connectivity index (χ2n) is 6.99. The number of carbonyl (C=O) groups excluding carboxylic acids is 2. The Morgan fingerprint density at radius 3 is 2.96 bits per heavy atom. The van der Waals surface area contributed by atoms with Crippen molar-refractivity contribution in [2.24, 2.45) is 0 Å². The van der Waals surface area contributed by atoms with Gasteiger partial charge in [-0.2, -0.15) is 0 Å². The molecule has 1 atom stereocenters. The molecule has 1 unspecified atom stereocenters. The zero-order valence-electron chi connectivity index (χ0n) is 14.5. The first-order chi connectivity index (χ1) is 12.1. The number of hydrogen-bond acceptors (Lipinski definition) is 5. The standard InChI is InChI=1S/C18H26N4O3/c23-16(12-21-10-5-1-2-7-17(21)24)20-13-18(25)8-11-22(14-18)15-6-3-4-9-19-15/h3-4,6,9,25H,1-2,5,7-8,10-14H2,(H,20,23). The van der Waals surface area contributed by atoms with E-state index in [0.29, 0.717) is 32.5 Å². The first-order valence-electron chi connectivity index (χ1n) is 8.99. The van der Waals surface area contributed by atoms with E-state index in [2.05, 4.69) is 10.3 Å². The Morgan fingerprint density at radius 2 is 2.16 bits per heavy atom. The molecule has 7 heteroatoms. The molecule has 2 fully saturated rings. The van der Waals surface area contributed by atoms with Crippen LogP contribution in [0.25, 0.3) is 0 Å². The number of likely N-dealkylation sites (tertiary alicyclic amines) is 1. The van der Waals surface area contributed by atoms with Crippen LogP contribution in [0.5, 0.6) is 0 Å². The molecule has 0 radical (unpaired) electrons. The third-order valence-electron chi connectivity index (χ3n) is 4.93. The molecular weight excluding hydrogens is 320 g/mol. The molecule has 0 spiro atoms. The Kier molecular flexibility index (Phi) is 5.53. The molecule has 2 aliphatic heterocycles. The number of nitrogens with zero attached hydrogens (tertiary/aromatic N) is 3. The number of hydrogen-bond donors (Lipinski definition) is 2. The molecule has 3 heterocycles. The Balaban J connectivity index is 1.47. The van der Waals surface area contributed by atoms with Crippen molar-refractivity contribution in [3.8, 4) is 0 Å². The van der Waals surface area contributed by atoms with Gasteiger partial charge in [-0.3, -0.25) is 9.59 Å². The number of nitrogens with one attached hydrogen (secondary N) is 1. The lowest BCUT2D eigenvalue weighted by molar-refractivity contribution is -0.135. The van der Waals surface area contributed by atoms with Crippen LogP contribution in [0.15, 0.2) is 24.4 Å². The molecule has 7 nitrogen and oxygen atoms in total. The van der Waals surface area contributed by atoms with E-state index in [1.165, 1.54) is 0 Å². The second-order valence-corrected chi connectivity index (χ2v) is 6.99. The maximum Gasteiger partial charge on any atom is 0.239 e. The minimum atomic E-state index is -0.962. The van der Waals surface area contributed by atoms with Crippen molar-refractivity contribution < 1.29 is 14.7 Å². The predicted octanol–water partition coefficient (Wildman–Crippen LogP) is 0.542. The van der Waals surface area contributed by atoms with Crippen molar-refractivity contribution in [2.45, 2.75) is 37.7 Å². The fourth-order valence-electron chi connectivity index (χ4n) is 3.44. The number of rotatable bonds is 5. The maximum absolute atomic E-state index is 12.2. The summed E-state index contributed by atoms with van der Waals surface area (Å²) in [6.45, 7) is 2.06. The van der Waals surface area contributed by atoms with Gasteiger partial charge in [-0.05, 0) is 31.4 Å². The van der Waals surface area contributed by atoms with Crippen LogP contribution in [0.2, 0.25) is 0 Å². The predicted molar refractivity (Wildman–Crippen MR) is 94.1 cm³/mol. The lowest BCUT2D eigenvalue weighted by Crippen LogP contribution is -2.48. The summed E-state index contributed by atoms with van der Waals surface area (Å²) in [6, 6.07) is 5.69. The van der Waals surface area contributed by atoms with Gasteiger partial charge in [-0.1, -0.05) is 12.5 Å². The zero-order valence-corrected chi connectivity index (χ0v) is 14.5. The molecule has 0 aliphatic carbocycles. The van der Waals surface area contributed by atoms with Gasteiger partial charge < -0.3 is 20.2 Å². The average Bonchev–Trinajstić information content (AvgIpc) is 2.91. The number of amides is 2. The van der Waals surface area contributed by atoms with E-state index < -0.39 is 5.60 Å². The van der Waals surface area contributed by atoms with Crippen LogP contribution in [-0.2, 0) is 9.59 Å². The summed E-state index contributed by atoms with van der Waals surface area (Å²) in [6.07, 6.45) is 5.71. The molecule has 0 saturated carbocycles. The van der Waals surface area contributed by atoms with E-state index in [1.807, 2.05) is 23.1 Å². The van der Waals surface area contributed by atoms with E-state index in [4.69, 9.17) is 0 Å². The van der Waals surface area contributed by atoms with Gasteiger partial charge in [-0.25, -0.2) is 4.98 Å². The molecule has 1 aromatic heterocycles. The largest absolute Gasteiger partial charge is 0.386 e. The van der Waals surface area contributed by atoms with E-state index in [0.717, 1.165) is 25.1 Å².